The van der Waals surface area contributed by atoms with Crippen molar-refractivity contribution in [2.75, 3.05) is 0 Å². The third-order valence-electron chi connectivity index (χ3n) is 3.66. The van der Waals surface area contributed by atoms with Crippen molar-refractivity contribution < 1.29 is 4.39 Å². The van der Waals surface area contributed by atoms with Gasteiger partial charge in [-0.05, 0) is 36.2 Å². The normalized spacial score (nSPS) is 13.3. The Hall–Kier alpha value is -1.74. The van der Waals surface area contributed by atoms with Crippen LogP contribution in [0, 0.1) is 12.7 Å². The molecule has 0 saturated heterocycles. The summed E-state index contributed by atoms with van der Waals surface area (Å²) >= 11 is 0. The summed E-state index contributed by atoms with van der Waals surface area (Å²) in [6.45, 7) is 6.07. The lowest BCUT2D eigenvalue weighted by molar-refractivity contribution is 0.419. The number of aryl methyl sites for hydroxylation is 1. The zero-order valence-corrected chi connectivity index (χ0v) is 11.5. The molecule has 2 N–H and O–H groups in total. The molecule has 1 aromatic heterocycles. The average Bonchev–Trinajstić information content (AvgIpc) is 2.39. The number of nitrogens with two attached hydrogens (primary N) is 1. The molecule has 0 aliphatic rings. The quantitative estimate of drug-likeness (QED) is 0.915. The average molecular weight is 258 g/mol. The summed E-state index contributed by atoms with van der Waals surface area (Å²) in [5.74, 6) is -0.231. The largest absolute Gasteiger partial charge is 0.323 e. The number of nitrogens with zero attached hydrogens (tertiary/aromatic N) is 1. The maximum Gasteiger partial charge on any atom is 0.123 e. The van der Waals surface area contributed by atoms with E-state index in [4.69, 9.17) is 5.73 Å². The Morgan fingerprint density at radius 1 is 1.11 bits per heavy atom. The van der Waals surface area contributed by atoms with Crippen LogP contribution in [0.5, 0.6) is 0 Å². The molecule has 3 heteroatoms. The van der Waals surface area contributed by atoms with Crippen LogP contribution in [0.15, 0.2) is 42.6 Å². The molecule has 1 heterocycles. The van der Waals surface area contributed by atoms with Crippen molar-refractivity contribution in [2.45, 2.75) is 32.2 Å². The van der Waals surface area contributed by atoms with Crippen molar-refractivity contribution in [3.63, 3.8) is 0 Å². The predicted molar refractivity (Wildman–Crippen MR) is 75.3 cm³/mol. The molecular formula is C16H19FN2. The van der Waals surface area contributed by atoms with Crippen molar-refractivity contribution in [3.05, 3.63) is 65.2 Å². The van der Waals surface area contributed by atoms with Gasteiger partial charge in [0.1, 0.15) is 5.82 Å². The Morgan fingerprint density at radius 2 is 1.74 bits per heavy atom. The molecule has 1 aromatic carbocycles. The van der Waals surface area contributed by atoms with Crippen LogP contribution in [-0.4, -0.2) is 4.98 Å². The molecular weight excluding hydrogens is 239 g/mol. The van der Waals surface area contributed by atoms with Gasteiger partial charge in [0.05, 0.1) is 0 Å². The number of hydrogen-bond donors (Lipinski definition) is 1. The standard InChI is InChI=1S/C16H19FN2/c1-11-4-5-12(10-19-11)15(18)16(2,3)13-6-8-14(17)9-7-13/h4-10,15H,18H2,1-3H3. The van der Waals surface area contributed by atoms with Gasteiger partial charge in [0, 0.05) is 23.3 Å². The van der Waals surface area contributed by atoms with Gasteiger partial charge in [0.2, 0.25) is 0 Å². The van der Waals surface area contributed by atoms with Crippen LogP contribution in [0.4, 0.5) is 4.39 Å². The first kappa shape index (κ1) is 13.7. The fourth-order valence-corrected chi connectivity index (χ4v) is 2.14. The summed E-state index contributed by atoms with van der Waals surface area (Å²) in [6.07, 6.45) is 1.81. The van der Waals surface area contributed by atoms with Gasteiger partial charge in [-0.2, -0.15) is 0 Å². The lowest BCUT2D eigenvalue weighted by Gasteiger charge is -2.32. The number of rotatable bonds is 3. The van der Waals surface area contributed by atoms with E-state index in [9.17, 15) is 4.39 Å². The molecule has 0 radical (unpaired) electrons. The second-order valence-corrected chi connectivity index (χ2v) is 5.44. The molecule has 19 heavy (non-hydrogen) atoms. The van der Waals surface area contributed by atoms with E-state index in [0.717, 1.165) is 16.8 Å². The van der Waals surface area contributed by atoms with E-state index in [0.29, 0.717) is 0 Å². The Kier molecular flexibility index (Phi) is 3.67. The van der Waals surface area contributed by atoms with Crippen LogP contribution in [0.2, 0.25) is 0 Å². The first-order valence-electron chi connectivity index (χ1n) is 6.35. The van der Waals surface area contributed by atoms with E-state index < -0.39 is 0 Å². The highest BCUT2D eigenvalue weighted by Crippen LogP contribution is 2.34. The summed E-state index contributed by atoms with van der Waals surface area (Å²) in [6, 6.07) is 10.3. The van der Waals surface area contributed by atoms with Crippen LogP contribution in [0.1, 0.15) is 36.7 Å². The van der Waals surface area contributed by atoms with Crippen LogP contribution >= 0.6 is 0 Å². The van der Waals surface area contributed by atoms with Gasteiger partial charge in [-0.25, -0.2) is 4.39 Å². The Balaban J connectivity index is 2.32. The Morgan fingerprint density at radius 3 is 2.26 bits per heavy atom. The van der Waals surface area contributed by atoms with Crippen molar-refractivity contribution >= 4 is 0 Å². The Bertz CT molecular complexity index is 544. The van der Waals surface area contributed by atoms with Crippen molar-refractivity contribution in [1.29, 1.82) is 0 Å². The zero-order chi connectivity index (χ0) is 14.0. The molecule has 0 saturated carbocycles. The molecule has 1 atom stereocenters. The van der Waals surface area contributed by atoms with Gasteiger partial charge in [0.25, 0.3) is 0 Å². The Labute approximate surface area is 113 Å². The van der Waals surface area contributed by atoms with Crippen LogP contribution in [-0.2, 0) is 5.41 Å². The third kappa shape index (κ3) is 2.82. The summed E-state index contributed by atoms with van der Waals surface area (Å²) in [5, 5.41) is 0. The molecule has 100 valence electrons. The van der Waals surface area contributed by atoms with Gasteiger partial charge in [-0.1, -0.05) is 32.0 Å². The summed E-state index contributed by atoms with van der Waals surface area (Å²) in [4.78, 5) is 4.28. The molecule has 0 aliphatic heterocycles. The van der Waals surface area contributed by atoms with E-state index in [2.05, 4.69) is 18.8 Å². The smallest absolute Gasteiger partial charge is 0.123 e. The van der Waals surface area contributed by atoms with Gasteiger partial charge in [-0.15, -0.1) is 0 Å². The molecule has 1 unspecified atom stereocenters. The molecule has 0 aliphatic carbocycles. The first-order chi connectivity index (χ1) is 8.91. The fourth-order valence-electron chi connectivity index (χ4n) is 2.14. The van der Waals surface area contributed by atoms with E-state index >= 15 is 0 Å². The van der Waals surface area contributed by atoms with Crippen LogP contribution < -0.4 is 5.73 Å². The minimum Gasteiger partial charge on any atom is -0.323 e. The lowest BCUT2D eigenvalue weighted by Crippen LogP contribution is -2.33. The van der Waals surface area contributed by atoms with Crippen LogP contribution in [0.25, 0.3) is 0 Å². The van der Waals surface area contributed by atoms with Gasteiger partial charge in [-0.3, -0.25) is 4.98 Å². The molecule has 0 amide bonds. The number of hydrogen-bond acceptors (Lipinski definition) is 2. The summed E-state index contributed by atoms with van der Waals surface area (Å²) in [5.41, 5.74) is 9.04. The van der Waals surface area contributed by atoms with Crippen molar-refractivity contribution in [1.82, 2.24) is 4.98 Å². The molecule has 2 aromatic rings. The molecule has 0 spiro atoms. The maximum atomic E-state index is 13.0. The third-order valence-corrected chi connectivity index (χ3v) is 3.66. The maximum absolute atomic E-state index is 13.0. The second-order valence-electron chi connectivity index (χ2n) is 5.44. The van der Waals surface area contributed by atoms with Crippen molar-refractivity contribution in [2.24, 2.45) is 5.73 Å². The molecule has 2 rings (SSSR count). The minimum absolute atomic E-state index is 0.189. The highest BCUT2D eigenvalue weighted by Gasteiger charge is 2.29. The summed E-state index contributed by atoms with van der Waals surface area (Å²) < 4.78 is 13.0. The van der Waals surface area contributed by atoms with E-state index in [-0.39, 0.29) is 17.3 Å². The van der Waals surface area contributed by atoms with E-state index in [1.807, 2.05) is 25.3 Å². The van der Waals surface area contributed by atoms with Gasteiger partial charge in [0.15, 0.2) is 0 Å². The second kappa shape index (κ2) is 5.10. The topological polar surface area (TPSA) is 38.9 Å². The number of pyridine rings is 1. The highest BCUT2D eigenvalue weighted by atomic mass is 19.1. The van der Waals surface area contributed by atoms with Crippen LogP contribution in [0.3, 0.4) is 0 Å². The highest BCUT2D eigenvalue weighted by molar-refractivity contribution is 5.31. The first-order valence-corrected chi connectivity index (χ1v) is 6.35. The fraction of sp³-hybridized carbons (Fsp3) is 0.312. The SMILES string of the molecule is Cc1ccc(C(N)C(C)(C)c2ccc(F)cc2)cn1. The minimum atomic E-state index is -0.287. The van der Waals surface area contributed by atoms with E-state index in [1.165, 1.54) is 12.1 Å². The molecule has 0 fully saturated rings. The number of benzene rings is 1. The zero-order valence-electron chi connectivity index (χ0n) is 11.5. The molecule has 2 nitrogen and oxygen atoms in total. The van der Waals surface area contributed by atoms with Crippen molar-refractivity contribution in [3.8, 4) is 0 Å². The summed E-state index contributed by atoms with van der Waals surface area (Å²) in [7, 11) is 0. The van der Waals surface area contributed by atoms with Gasteiger partial charge >= 0.3 is 0 Å². The predicted octanol–water partition coefficient (Wildman–Crippen LogP) is 3.51. The number of aromatic nitrogens is 1. The lowest BCUT2D eigenvalue weighted by atomic mass is 9.75. The monoisotopic (exact) mass is 258 g/mol. The molecule has 0 bridgehead atoms. The van der Waals surface area contributed by atoms with Gasteiger partial charge < -0.3 is 5.73 Å². The van der Waals surface area contributed by atoms with E-state index in [1.54, 1.807) is 12.1 Å². The number of halogens is 1.